The molecule has 2 saturated heterocycles. The lowest BCUT2D eigenvalue weighted by atomic mass is 9.82. The molecule has 2 aliphatic rings. The summed E-state index contributed by atoms with van der Waals surface area (Å²) in [5, 5.41) is 6.11. The summed E-state index contributed by atoms with van der Waals surface area (Å²) in [7, 11) is -1.22. The second kappa shape index (κ2) is 9.61. The molecule has 2 aliphatic heterocycles. The van der Waals surface area contributed by atoms with Gasteiger partial charge < -0.3 is 15.5 Å². The number of carbonyl (C=O) groups excluding carboxylic acids is 1. The Kier molecular flexibility index (Phi) is 7.16. The Bertz CT molecular complexity index is 826. The lowest BCUT2D eigenvalue weighted by molar-refractivity contribution is -0.121. The van der Waals surface area contributed by atoms with Crippen LogP contribution in [0.5, 0.6) is 0 Å². The highest BCUT2D eigenvalue weighted by Gasteiger charge is 2.30. The summed E-state index contributed by atoms with van der Waals surface area (Å²) in [5.74, 6) is 1.99. The van der Waals surface area contributed by atoms with Crippen LogP contribution in [0.2, 0.25) is 0 Å². The molecular formula is C21H32N4O3S. The molecule has 7 nitrogen and oxygen atoms in total. The van der Waals surface area contributed by atoms with Gasteiger partial charge in [0.05, 0.1) is 11.5 Å². The van der Waals surface area contributed by atoms with Crippen molar-refractivity contribution in [1.29, 1.82) is 0 Å². The first-order valence-electron chi connectivity index (χ1n) is 10.4. The van der Waals surface area contributed by atoms with Crippen molar-refractivity contribution in [2.45, 2.75) is 38.1 Å². The van der Waals surface area contributed by atoms with Crippen LogP contribution in [0.25, 0.3) is 0 Å². The van der Waals surface area contributed by atoms with Gasteiger partial charge in [-0.3, -0.25) is 9.79 Å². The van der Waals surface area contributed by atoms with E-state index >= 15 is 0 Å². The highest BCUT2D eigenvalue weighted by atomic mass is 32.2. The minimum Gasteiger partial charge on any atom is -0.356 e. The third-order valence-corrected chi connectivity index (χ3v) is 7.65. The molecule has 3 atom stereocenters. The van der Waals surface area contributed by atoms with E-state index in [1.165, 1.54) is 5.56 Å². The molecular weight excluding hydrogens is 388 g/mol. The Hall–Kier alpha value is -2.09. The number of carbonyl (C=O) groups is 1. The normalized spacial score (nSPS) is 26.9. The van der Waals surface area contributed by atoms with E-state index in [0.717, 1.165) is 25.5 Å². The Morgan fingerprint density at radius 3 is 2.62 bits per heavy atom. The van der Waals surface area contributed by atoms with E-state index in [2.05, 4.69) is 57.8 Å². The van der Waals surface area contributed by atoms with Gasteiger partial charge in [0, 0.05) is 39.1 Å². The highest BCUT2D eigenvalue weighted by Crippen LogP contribution is 2.32. The Labute approximate surface area is 173 Å². The summed E-state index contributed by atoms with van der Waals surface area (Å²) in [6.07, 6.45) is 1.88. The van der Waals surface area contributed by atoms with Gasteiger partial charge >= 0.3 is 0 Å². The highest BCUT2D eigenvalue weighted by molar-refractivity contribution is 7.91. The van der Waals surface area contributed by atoms with Gasteiger partial charge in [-0.25, -0.2) is 8.42 Å². The lowest BCUT2D eigenvalue weighted by Crippen LogP contribution is -2.48. The average Bonchev–Trinajstić information content (AvgIpc) is 3.04. The Balaban J connectivity index is 1.43. The molecule has 0 bridgehead atoms. The minimum atomic E-state index is -2.98. The molecule has 2 heterocycles. The van der Waals surface area contributed by atoms with E-state index in [9.17, 15) is 13.2 Å². The number of rotatable bonds is 5. The van der Waals surface area contributed by atoms with Crippen LogP contribution in [0.4, 0.5) is 0 Å². The van der Waals surface area contributed by atoms with Gasteiger partial charge in [0.25, 0.3) is 0 Å². The largest absolute Gasteiger partial charge is 0.356 e. The van der Waals surface area contributed by atoms with Gasteiger partial charge in [0.2, 0.25) is 5.91 Å². The molecule has 1 aromatic rings. The van der Waals surface area contributed by atoms with Crippen LogP contribution in [0.3, 0.4) is 0 Å². The predicted molar refractivity (Wildman–Crippen MR) is 116 cm³/mol. The molecule has 0 radical (unpaired) electrons. The zero-order chi connectivity index (χ0) is 20.9. The number of nitrogens with zero attached hydrogens (tertiary/aromatic N) is 2. The van der Waals surface area contributed by atoms with Crippen molar-refractivity contribution in [2.75, 3.05) is 38.2 Å². The second-order valence-corrected chi connectivity index (χ2v) is 10.3. The number of amides is 1. The number of hydrogen-bond acceptors (Lipinski definition) is 4. The summed E-state index contributed by atoms with van der Waals surface area (Å²) in [5.41, 5.74) is 1.40. The summed E-state index contributed by atoms with van der Waals surface area (Å²) >= 11 is 0. The van der Waals surface area contributed by atoms with Crippen molar-refractivity contribution < 1.29 is 13.2 Å². The van der Waals surface area contributed by atoms with Crippen molar-refractivity contribution >= 4 is 21.7 Å². The molecule has 3 rings (SSSR count). The summed E-state index contributed by atoms with van der Waals surface area (Å²) < 4.78 is 23.0. The molecule has 2 N–H and O–H groups in total. The fourth-order valence-electron chi connectivity index (χ4n) is 4.36. The Morgan fingerprint density at radius 2 is 2.00 bits per heavy atom. The fraction of sp³-hybridized carbons (Fsp3) is 0.619. The standard InChI is InChI=1S/C21H32N4O3S/c1-16-14-25(12-9-19(16)17-6-4-3-5-7-17)21(22-2)23-11-8-20(26)24-18-10-13-29(27,28)15-18/h3-7,16,18-19H,8-15H2,1-2H3,(H,22,23)(H,24,26). The van der Waals surface area contributed by atoms with Crippen LogP contribution in [-0.4, -0.2) is 69.4 Å². The number of guanidine groups is 1. The summed E-state index contributed by atoms with van der Waals surface area (Å²) in [4.78, 5) is 18.7. The number of aliphatic imine (C=N–C) groups is 1. The molecule has 0 saturated carbocycles. The number of likely N-dealkylation sites (tertiary alicyclic amines) is 1. The van der Waals surface area contributed by atoms with Crippen molar-refractivity contribution in [3.63, 3.8) is 0 Å². The minimum absolute atomic E-state index is 0.0576. The molecule has 0 aromatic heterocycles. The molecule has 1 amide bonds. The van der Waals surface area contributed by atoms with E-state index in [1.807, 2.05) is 0 Å². The van der Waals surface area contributed by atoms with Gasteiger partial charge in [-0.15, -0.1) is 0 Å². The first-order chi connectivity index (χ1) is 13.9. The van der Waals surface area contributed by atoms with Crippen LogP contribution in [0.15, 0.2) is 35.3 Å². The molecule has 0 spiro atoms. The zero-order valence-corrected chi connectivity index (χ0v) is 18.1. The van der Waals surface area contributed by atoms with E-state index < -0.39 is 9.84 Å². The zero-order valence-electron chi connectivity index (χ0n) is 17.3. The third-order valence-electron chi connectivity index (χ3n) is 5.88. The molecule has 3 unspecified atom stereocenters. The smallest absolute Gasteiger partial charge is 0.222 e. The molecule has 160 valence electrons. The molecule has 8 heteroatoms. The van der Waals surface area contributed by atoms with E-state index in [1.54, 1.807) is 7.05 Å². The maximum Gasteiger partial charge on any atom is 0.222 e. The molecule has 1 aromatic carbocycles. The molecule has 29 heavy (non-hydrogen) atoms. The number of hydrogen-bond donors (Lipinski definition) is 2. The van der Waals surface area contributed by atoms with Gasteiger partial charge in [-0.2, -0.15) is 0 Å². The van der Waals surface area contributed by atoms with Crippen LogP contribution in [0.1, 0.15) is 37.7 Å². The first-order valence-corrected chi connectivity index (χ1v) is 12.2. The van der Waals surface area contributed by atoms with Gasteiger partial charge in [0.15, 0.2) is 15.8 Å². The lowest BCUT2D eigenvalue weighted by Gasteiger charge is -2.39. The van der Waals surface area contributed by atoms with E-state index in [-0.39, 0.29) is 23.5 Å². The van der Waals surface area contributed by atoms with Crippen molar-refractivity contribution in [2.24, 2.45) is 10.9 Å². The van der Waals surface area contributed by atoms with Crippen LogP contribution in [0, 0.1) is 5.92 Å². The topological polar surface area (TPSA) is 90.9 Å². The fourth-order valence-corrected chi connectivity index (χ4v) is 6.04. The SMILES string of the molecule is CN=C(NCCC(=O)NC1CCS(=O)(=O)C1)N1CCC(c2ccccc2)C(C)C1. The number of nitrogens with one attached hydrogen (secondary N) is 2. The quantitative estimate of drug-likeness (QED) is 0.555. The van der Waals surface area contributed by atoms with Crippen molar-refractivity contribution in [3.05, 3.63) is 35.9 Å². The maximum atomic E-state index is 12.1. The van der Waals surface area contributed by atoms with Crippen LogP contribution < -0.4 is 10.6 Å². The number of piperidine rings is 1. The monoisotopic (exact) mass is 420 g/mol. The molecule has 2 fully saturated rings. The summed E-state index contributed by atoms with van der Waals surface area (Å²) in [6, 6.07) is 10.4. The number of sulfone groups is 1. The van der Waals surface area contributed by atoms with Crippen molar-refractivity contribution in [3.8, 4) is 0 Å². The Morgan fingerprint density at radius 1 is 1.24 bits per heavy atom. The maximum absolute atomic E-state index is 12.1. The number of benzene rings is 1. The first kappa shape index (κ1) is 21.6. The van der Waals surface area contributed by atoms with E-state index in [0.29, 0.717) is 31.2 Å². The van der Waals surface area contributed by atoms with E-state index in [4.69, 9.17) is 0 Å². The molecule has 0 aliphatic carbocycles. The summed E-state index contributed by atoms with van der Waals surface area (Å²) in [6.45, 7) is 4.60. The van der Waals surface area contributed by atoms with Gasteiger partial charge in [-0.1, -0.05) is 37.3 Å². The van der Waals surface area contributed by atoms with Crippen molar-refractivity contribution in [1.82, 2.24) is 15.5 Å². The van der Waals surface area contributed by atoms with Gasteiger partial charge in [0.1, 0.15) is 0 Å². The third kappa shape index (κ3) is 5.95. The van der Waals surface area contributed by atoms with Crippen LogP contribution in [-0.2, 0) is 14.6 Å². The van der Waals surface area contributed by atoms with Gasteiger partial charge in [-0.05, 0) is 30.2 Å². The average molecular weight is 421 g/mol. The predicted octanol–water partition coefficient (Wildman–Crippen LogP) is 1.38. The van der Waals surface area contributed by atoms with Crippen LogP contribution >= 0.6 is 0 Å². The second-order valence-electron chi connectivity index (χ2n) is 8.12.